The number of aliphatic hydroxyl groups is 1. The Labute approximate surface area is 82.7 Å². The van der Waals surface area contributed by atoms with Crippen LogP contribution in [-0.2, 0) is 14.3 Å². The summed E-state index contributed by atoms with van der Waals surface area (Å²) in [6.45, 7) is 2.00. The molecular weight excluding hydrogens is 186 g/mol. The molecule has 0 amide bonds. The summed E-state index contributed by atoms with van der Waals surface area (Å²) in [7, 11) is 2.78. The molecule has 0 spiro atoms. The first kappa shape index (κ1) is 11.0. The van der Waals surface area contributed by atoms with Gasteiger partial charge in [0.15, 0.2) is 0 Å². The van der Waals surface area contributed by atoms with Gasteiger partial charge in [-0.25, -0.2) is 4.79 Å². The van der Waals surface area contributed by atoms with Crippen LogP contribution in [0.3, 0.4) is 0 Å². The van der Waals surface area contributed by atoms with Gasteiger partial charge in [0, 0.05) is 19.7 Å². The van der Waals surface area contributed by atoms with Gasteiger partial charge in [-0.05, 0) is 6.92 Å². The van der Waals surface area contributed by atoms with Crippen molar-refractivity contribution in [2.45, 2.75) is 18.6 Å². The second kappa shape index (κ2) is 3.98. The highest BCUT2D eigenvalue weighted by Crippen LogP contribution is 2.24. The molecule has 0 aromatic carbocycles. The quantitative estimate of drug-likeness (QED) is 0.462. The SMILES string of the molecule is COC(=O)/C=C1\NCC(C)(O)C1OC. The van der Waals surface area contributed by atoms with Crippen LogP contribution in [0.1, 0.15) is 6.92 Å². The van der Waals surface area contributed by atoms with Crippen molar-refractivity contribution in [3.8, 4) is 0 Å². The van der Waals surface area contributed by atoms with Gasteiger partial charge in [-0.3, -0.25) is 0 Å². The van der Waals surface area contributed by atoms with Crippen molar-refractivity contribution in [3.05, 3.63) is 11.8 Å². The maximum absolute atomic E-state index is 11.0. The first-order valence-electron chi connectivity index (χ1n) is 4.30. The number of esters is 1. The molecule has 2 unspecified atom stereocenters. The molecule has 1 aliphatic rings. The van der Waals surface area contributed by atoms with E-state index in [4.69, 9.17) is 4.74 Å². The van der Waals surface area contributed by atoms with E-state index in [9.17, 15) is 9.90 Å². The van der Waals surface area contributed by atoms with Crippen LogP contribution in [0.15, 0.2) is 11.8 Å². The van der Waals surface area contributed by atoms with Gasteiger partial charge in [0.1, 0.15) is 11.7 Å². The molecule has 0 aliphatic carbocycles. The normalized spacial score (nSPS) is 34.3. The van der Waals surface area contributed by atoms with E-state index >= 15 is 0 Å². The minimum atomic E-state index is -0.991. The van der Waals surface area contributed by atoms with Crippen LogP contribution < -0.4 is 5.32 Å². The van der Waals surface area contributed by atoms with Gasteiger partial charge < -0.3 is 19.9 Å². The summed E-state index contributed by atoms with van der Waals surface area (Å²) in [5, 5.41) is 12.7. The fourth-order valence-corrected chi connectivity index (χ4v) is 1.49. The molecule has 80 valence electrons. The highest BCUT2D eigenvalue weighted by Gasteiger charge is 2.41. The molecule has 2 N–H and O–H groups in total. The summed E-state index contributed by atoms with van der Waals surface area (Å²) in [6.07, 6.45) is 0.775. The number of hydrogen-bond donors (Lipinski definition) is 2. The highest BCUT2D eigenvalue weighted by atomic mass is 16.5. The van der Waals surface area contributed by atoms with Crippen molar-refractivity contribution in [3.63, 3.8) is 0 Å². The lowest BCUT2D eigenvalue weighted by atomic mass is 10.0. The smallest absolute Gasteiger partial charge is 0.332 e. The Hall–Kier alpha value is -1.07. The van der Waals surface area contributed by atoms with Crippen LogP contribution in [-0.4, -0.2) is 43.5 Å². The first-order valence-corrected chi connectivity index (χ1v) is 4.30. The number of rotatable bonds is 2. The highest BCUT2D eigenvalue weighted by molar-refractivity contribution is 5.82. The number of ether oxygens (including phenoxy) is 2. The molecule has 1 heterocycles. The fourth-order valence-electron chi connectivity index (χ4n) is 1.49. The minimum absolute atomic E-state index is 0.355. The van der Waals surface area contributed by atoms with Gasteiger partial charge in [0.25, 0.3) is 0 Å². The zero-order valence-corrected chi connectivity index (χ0v) is 8.53. The van der Waals surface area contributed by atoms with E-state index in [2.05, 4.69) is 10.1 Å². The molecule has 0 bridgehead atoms. The molecule has 0 aromatic heterocycles. The third kappa shape index (κ3) is 2.05. The molecule has 0 aromatic rings. The maximum Gasteiger partial charge on any atom is 0.332 e. The van der Waals surface area contributed by atoms with Crippen molar-refractivity contribution >= 4 is 5.97 Å². The summed E-state index contributed by atoms with van der Waals surface area (Å²) in [4.78, 5) is 11.0. The molecule has 0 saturated carbocycles. The van der Waals surface area contributed by atoms with Gasteiger partial charge >= 0.3 is 5.97 Å². The lowest BCUT2D eigenvalue weighted by Crippen LogP contribution is -2.38. The topological polar surface area (TPSA) is 67.8 Å². The van der Waals surface area contributed by atoms with Crippen LogP contribution >= 0.6 is 0 Å². The van der Waals surface area contributed by atoms with Gasteiger partial charge in [0.05, 0.1) is 12.8 Å². The third-order valence-electron chi connectivity index (χ3n) is 2.21. The maximum atomic E-state index is 11.0. The molecule has 5 heteroatoms. The first-order chi connectivity index (χ1) is 6.51. The van der Waals surface area contributed by atoms with E-state index in [0.29, 0.717) is 12.2 Å². The monoisotopic (exact) mass is 201 g/mol. The number of nitrogens with one attached hydrogen (secondary N) is 1. The van der Waals surface area contributed by atoms with Crippen LogP contribution in [0.25, 0.3) is 0 Å². The summed E-state index contributed by atoms with van der Waals surface area (Å²) in [6, 6.07) is 0. The zero-order valence-electron chi connectivity index (χ0n) is 8.53. The summed E-state index contributed by atoms with van der Waals surface area (Å²) < 4.78 is 9.58. The molecule has 2 atom stereocenters. The summed E-state index contributed by atoms with van der Waals surface area (Å²) in [5.41, 5.74) is -0.446. The van der Waals surface area contributed by atoms with Gasteiger partial charge in [0.2, 0.25) is 0 Å². The molecule has 1 saturated heterocycles. The van der Waals surface area contributed by atoms with Crippen LogP contribution in [0.2, 0.25) is 0 Å². The van der Waals surface area contributed by atoms with E-state index < -0.39 is 17.7 Å². The van der Waals surface area contributed by atoms with Crippen molar-refractivity contribution < 1.29 is 19.4 Å². The third-order valence-corrected chi connectivity index (χ3v) is 2.21. The molecule has 0 radical (unpaired) electrons. The number of hydrogen-bond acceptors (Lipinski definition) is 5. The standard InChI is InChI=1S/C9H15NO4/c1-9(12)5-10-6(8(9)14-3)4-7(11)13-2/h4,8,10,12H,5H2,1-3H3/b6-4-. The number of carbonyl (C=O) groups excluding carboxylic acids is 1. The van der Waals surface area contributed by atoms with Gasteiger partial charge in [-0.1, -0.05) is 0 Å². The van der Waals surface area contributed by atoms with Crippen LogP contribution in [0, 0.1) is 0 Å². The van der Waals surface area contributed by atoms with E-state index in [1.54, 1.807) is 6.92 Å². The molecule has 5 nitrogen and oxygen atoms in total. The Bertz CT molecular complexity index is 260. The molecule has 1 aliphatic heterocycles. The Morgan fingerprint density at radius 2 is 2.36 bits per heavy atom. The molecule has 14 heavy (non-hydrogen) atoms. The predicted octanol–water partition coefficient (Wildman–Crippen LogP) is -0.587. The summed E-state index contributed by atoms with van der Waals surface area (Å²) in [5.74, 6) is -0.466. The van der Waals surface area contributed by atoms with Crippen molar-refractivity contribution in [1.29, 1.82) is 0 Å². The van der Waals surface area contributed by atoms with Gasteiger partial charge in [-0.15, -0.1) is 0 Å². The second-order valence-corrected chi connectivity index (χ2v) is 3.45. The minimum Gasteiger partial charge on any atom is -0.466 e. The lowest BCUT2D eigenvalue weighted by Gasteiger charge is -2.22. The predicted molar refractivity (Wildman–Crippen MR) is 49.5 cm³/mol. The average molecular weight is 201 g/mol. The van der Waals surface area contributed by atoms with E-state index in [0.717, 1.165) is 0 Å². The zero-order chi connectivity index (χ0) is 10.8. The average Bonchev–Trinajstić information content (AvgIpc) is 2.41. The van der Waals surface area contributed by atoms with Crippen molar-refractivity contribution in [1.82, 2.24) is 5.32 Å². The molecular formula is C9H15NO4. The second-order valence-electron chi connectivity index (χ2n) is 3.45. The van der Waals surface area contributed by atoms with Crippen molar-refractivity contribution in [2.24, 2.45) is 0 Å². The van der Waals surface area contributed by atoms with E-state index in [1.165, 1.54) is 20.3 Å². The molecule has 1 fully saturated rings. The molecule has 1 rings (SSSR count). The van der Waals surface area contributed by atoms with Gasteiger partial charge in [-0.2, -0.15) is 0 Å². The van der Waals surface area contributed by atoms with E-state index in [-0.39, 0.29) is 0 Å². The largest absolute Gasteiger partial charge is 0.466 e. The Morgan fingerprint density at radius 3 is 2.86 bits per heavy atom. The Balaban J connectivity index is 2.82. The van der Waals surface area contributed by atoms with Crippen LogP contribution in [0.4, 0.5) is 0 Å². The Morgan fingerprint density at radius 1 is 1.71 bits per heavy atom. The summed E-state index contributed by atoms with van der Waals surface area (Å²) >= 11 is 0. The number of β-amino-alcohol motifs (C(OH)–C–C–N with tert-alkyl or cyclic N) is 1. The Kier molecular flexibility index (Phi) is 3.13. The lowest BCUT2D eigenvalue weighted by molar-refractivity contribution is -0.135. The van der Waals surface area contributed by atoms with Crippen LogP contribution in [0.5, 0.6) is 0 Å². The number of carbonyl (C=O) groups is 1. The van der Waals surface area contributed by atoms with Crippen molar-refractivity contribution in [2.75, 3.05) is 20.8 Å². The fraction of sp³-hybridized carbons (Fsp3) is 0.667. The number of methoxy groups -OCH3 is 2. The van der Waals surface area contributed by atoms with E-state index in [1.807, 2.05) is 0 Å².